The number of rotatable bonds is 5. The monoisotopic (exact) mass is 247 g/mol. The largest absolute Gasteiger partial charge is 0.495 e. The molecule has 0 aliphatic rings. The molecule has 5 nitrogen and oxygen atoms in total. The SMILES string of the molecule is CCOC(=O)Cc1ccc(C=O)c(OC)c1C#N. The van der Waals surface area contributed by atoms with E-state index >= 15 is 0 Å². The Labute approximate surface area is 105 Å². The average Bonchev–Trinajstić information content (AvgIpc) is 2.38. The topological polar surface area (TPSA) is 76.4 Å². The molecule has 0 spiro atoms. The van der Waals surface area contributed by atoms with Crippen molar-refractivity contribution >= 4 is 12.3 Å². The van der Waals surface area contributed by atoms with Crippen LogP contribution in [0.2, 0.25) is 0 Å². The highest BCUT2D eigenvalue weighted by Gasteiger charge is 2.16. The van der Waals surface area contributed by atoms with Crippen molar-refractivity contribution in [1.29, 1.82) is 5.26 Å². The Morgan fingerprint density at radius 3 is 2.72 bits per heavy atom. The highest BCUT2D eigenvalue weighted by atomic mass is 16.5. The van der Waals surface area contributed by atoms with E-state index in [0.717, 1.165) is 0 Å². The first-order valence-corrected chi connectivity index (χ1v) is 5.38. The summed E-state index contributed by atoms with van der Waals surface area (Å²) in [7, 11) is 1.37. The second-order valence-corrected chi connectivity index (χ2v) is 3.43. The van der Waals surface area contributed by atoms with E-state index < -0.39 is 5.97 Å². The number of aldehydes is 1. The molecule has 1 rings (SSSR count). The van der Waals surface area contributed by atoms with Gasteiger partial charge in [-0.15, -0.1) is 0 Å². The summed E-state index contributed by atoms with van der Waals surface area (Å²) >= 11 is 0. The van der Waals surface area contributed by atoms with E-state index in [0.29, 0.717) is 11.8 Å². The lowest BCUT2D eigenvalue weighted by atomic mass is 10.0. The van der Waals surface area contributed by atoms with Crippen LogP contribution in [0.3, 0.4) is 0 Å². The van der Waals surface area contributed by atoms with Crippen molar-refractivity contribution in [2.24, 2.45) is 0 Å². The van der Waals surface area contributed by atoms with E-state index in [1.54, 1.807) is 13.0 Å². The van der Waals surface area contributed by atoms with Gasteiger partial charge in [0.1, 0.15) is 11.8 Å². The van der Waals surface area contributed by atoms with Gasteiger partial charge in [0, 0.05) is 0 Å². The predicted molar refractivity (Wildman–Crippen MR) is 63.4 cm³/mol. The number of ether oxygens (including phenoxy) is 2. The summed E-state index contributed by atoms with van der Waals surface area (Å²) in [6, 6.07) is 5.02. The van der Waals surface area contributed by atoms with Crippen LogP contribution in [0.4, 0.5) is 0 Å². The Kier molecular flexibility index (Phi) is 4.88. The second kappa shape index (κ2) is 6.40. The van der Waals surface area contributed by atoms with Gasteiger partial charge < -0.3 is 9.47 Å². The Hall–Kier alpha value is -2.35. The molecular formula is C13H13NO4. The number of esters is 1. The van der Waals surface area contributed by atoms with Crippen LogP contribution < -0.4 is 4.74 Å². The van der Waals surface area contributed by atoms with E-state index in [1.165, 1.54) is 13.2 Å². The first kappa shape index (κ1) is 13.7. The molecule has 0 aliphatic heterocycles. The lowest BCUT2D eigenvalue weighted by Crippen LogP contribution is -2.09. The van der Waals surface area contributed by atoms with Gasteiger partial charge in [0.2, 0.25) is 0 Å². The van der Waals surface area contributed by atoms with E-state index in [4.69, 9.17) is 14.7 Å². The zero-order chi connectivity index (χ0) is 13.5. The van der Waals surface area contributed by atoms with Gasteiger partial charge in [-0.3, -0.25) is 9.59 Å². The maximum Gasteiger partial charge on any atom is 0.310 e. The summed E-state index contributed by atoms with van der Waals surface area (Å²) in [6.45, 7) is 1.99. The standard InChI is InChI=1S/C13H13NO4/c1-3-18-12(16)6-9-4-5-10(8-15)13(17-2)11(9)7-14/h4-5,8H,3,6H2,1-2H3. The van der Waals surface area contributed by atoms with Crippen LogP contribution in [0.25, 0.3) is 0 Å². The second-order valence-electron chi connectivity index (χ2n) is 3.43. The van der Waals surface area contributed by atoms with E-state index in [9.17, 15) is 9.59 Å². The highest BCUT2D eigenvalue weighted by molar-refractivity contribution is 5.83. The van der Waals surface area contributed by atoms with Crippen LogP contribution in [-0.2, 0) is 16.0 Å². The van der Waals surface area contributed by atoms with Crippen molar-refractivity contribution in [1.82, 2.24) is 0 Å². The van der Waals surface area contributed by atoms with Crippen LogP contribution in [0.15, 0.2) is 12.1 Å². The molecule has 0 aromatic heterocycles. The zero-order valence-electron chi connectivity index (χ0n) is 10.2. The number of carbonyl (C=O) groups is 2. The number of hydrogen-bond acceptors (Lipinski definition) is 5. The van der Waals surface area contributed by atoms with E-state index in [2.05, 4.69) is 0 Å². The highest BCUT2D eigenvalue weighted by Crippen LogP contribution is 2.26. The smallest absolute Gasteiger partial charge is 0.310 e. The Balaban J connectivity index is 3.18. The fourth-order valence-corrected chi connectivity index (χ4v) is 1.59. The van der Waals surface area contributed by atoms with Crippen LogP contribution in [0.1, 0.15) is 28.4 Å². The van der Waals surface area contributed by atoms with Gasteiger partial charge in [-0.1, -0.05) is 6.07 Å². The third-order valence-corrected chi connectivity index (χ3v) is 2.36. The van der Waals surface area contributed by atoms with Crippen molar-refractivity contribution < 1.29 is 19.1 Å². The molecule has 0 amide bonds. The summed E-state index contributed by atoms with van der Waals surface area (Å²) in [5.41, 5.74) is 0.954. The molecule has 18 heavy (non-hydrogen) atoms. The van der Waals surface area contributed by atoms with Crippen LogP contribution in [0, 0.1) is 11.3 Å². The summed E-state index contributed by atoms with van der Waals surface area (Å²) in [6.07, 6.45) is 0.583. The average molecular weight is 247 g/mol. The number of methoxy groups -OCH3 is 1. The number of nitrogens with zero attached hydrogens (tertiary/aromatic N) is 1. The van der Waals surface area contributed by atoms with E-state index in [-0.39, 0.29) is 29.9 Å². The molecule has 0 unspecified atom stereocenters. The minimum atomic E-state index is -0.421. The summed E-state index contributed by atoms with van der Waals surface area (Å²) in [5, 5.41) is 9.10. The molecule has 0 N–H and O–H groups in total. The molecule has 5 heteroatoms. The minimum Gasteiger partial charge on any atom is -0.495 e. The third-order valence-electron chi connectivity index (χ3n) is 2.36. The number of nitriles is 1. The van der Waals surface area contributed by atoms with Gasteiger partial charge in [0.25, 0.3) is 0 Å². The normalized spacial score (nSPS) is 9.39. The van der Waals surface area contributed by atoms with Crippen LogP contribution >= 0.6 is 0 Å². The van der Waals surface area contributed by atoms with Crippen molar-refractivity contribution in [3.05, 3.63) is 28.8 Å². The van der Waals surface area contributed by atoms with Gasteiger partial charge in [0.15, 0.2) is 6.29 Å². The fourth-order valence-electron chi connectivity index (χ4n) is 1.59. The summed E-state index contributed by atoms with van der Waals surface area (Å²) in [5.74, 6) is -0.232. The molecule has 0 bridgehead atoms. The molecule has 0 aliphatic carbocycles. The molecule has 0 saturated heterocycles. The van der Waals surface area contributed by atoms with Crippen molar-refractivity contribution in [3.8, 4) is 11.8 Å². The molecule has 0 saturated carbocycles. The molecule has 0 heterocycles. The van der Waals surface area contributed by atoms with Gasteiger partial charge in [-0.2, -0.15) is 5.26 Å². The van der Waals surface area contributed by atoms with Gasteiger partial charge in [-0.25, -0.2) is 0 Å². The molecule has 1 aromatic carbocycles. The minimum absolute atomic E-state index is 0.0216. The maximum absolute atomic E-state index is 11.4. The summed E-state index contributed by atoms with van der Waals surface area (Å²) < 4.78 is 9.85. The third kappa shape index (κ3) is 2.86. The van der Waals surface area contributed by atoms with Gasteiger partial charge in [-0.05, 0) is 18.6 Å². The lowest BCUT2D eigenvalue weighted by Gasteiger charge is -2.10. The number of carbonyl (C=O) groups excluding carboxylic acids is 2. The first-order valence-electron chi connectivity index (χ1n) is 5.38. The Morgan fingerprint density at radius 1 is 1.50 bits per heavy atom. The van der Waals surface area contributed by atoms with E-state index in [1.807, 2.05) is 6.07 Å². The number of benzene rings is 1. The quantitative estimate of drug-likeness (QED) is 0.582. The molecule has 1 aromatic rings. The first-order chi connectivity index (χ1) is 8.67. The molecular weight excluding hydrogens is 234 g/mol. The van der Waals surface area contributed by atoms with Crippen molar-refractivity contribution in [2.45, 2.75) is 13.3 Å². The zero-order valence-corrected chi connectivity index (χ0v) is 10.2. The fraction of sp³-hybridized carbons (Fsp3) is 0.308. The van der Waals surface area contributed by atoms with Gasteiger partial charge in [0.05, 0.1) is 31.3 Å². The predicted octanol–water partition coefficient (Wildman–Crippen LogP) is 1.48. The van der Waals surface area contributed by atoms with Crippen molar-refractivity contribution in [3.63, 3.8) is 0 Å². The van der Waals surface area contributed by atoms with Crippen LogP contribution in [-0.4, -0.2) is 26.0 Å². The lowest BCUT2D eigenvalue weighted by molar-refractivity contribution is -0.142. The summed E-state index contributed by atoms with van der Waals surface area (Å²) in [4.78, 5) is 22.2. The molecule has 0 fully saturated rings. The maximum atomic E-state index is 11.4. The Morgan fingerprint density at radius 2 is 2.22 bits per heavy atom. The molecule has 94 valence electrons. The van der Waals surface area contributed by atoms with Crippen LogP contribution in [0.5, 0.6) is 5.75 Å². The van der Waals surface area contributed by atoms with Crippen molar-refractivity contribution in [2.75, 3.05) is 13.7 Å². The Bertz CT molecular complexity index is 502. The van der Waals surface area contributed by atoms with Gasteiger partial charge >= 0.3 is 5.97 Å². The molecule has 0 radical (unpaired) electrons. The molecule has 0 atom stereocenters. The number of hydrogen-bond donors (Lipinski definition) is 0.